The molecular weight excluding hydrogens is 375 g/mol. The maximum Gasteiger partial charge on any atom is 0.256 e. The quantitative estimate of drug-likeness (QED) is 0.796. The Hall–Kier alpha value is -1.58. The summed E-state index contributed by atoms with van der Waals surface area (Å²) in [5, 5.41) is 11.9. The first-order chi connectivity index (χ1) is 9.11. The van der Waals surface area contributed by atoms with Crippen molar-refractivity contribution in [3.63, 3.8) is 0 Å². The van der Waals surface area contributed by atoms with Gasteiger partial charge in [0.05, 0.1) is 16.1 Å². The number of nitrogens with zero attached hydrogens (tertiary/aromatic N) is 1. The SMILES string of the molecule is N#Cc1ccc(NC(=O)c2ccccc2I)cc1Cl. The van der Waals surface area contributed by atoms with E-state index in [1.54, 1.807) is 24.3 Å². The Balaban J connectivity index is 2.23. The molecule has 0 aliphatic carbocycles. The number of carbonyl (C=O) groups is 1. The van der Waals surface area contributed by atoms with Crippen LogP contribution in [0.1, 0.15) is 15.9 Å². The molecule has 19 heavy (non-hydrogen) atoms. The van der Waals surface area contributed by atoms with Gasteiger partial charge in [-0.15, -0.1) is 0 Å². The summed E-state index contributed by atoms with van der Waals surface area (Å²) in [7, 11) is 0. The summed E-state index contributed by atoms with van der Waals surface area (Å²) < 4.78 is 0.873. The number of halogens is 2. The summed E-state index contributed by atoms with van der Waals surface area (Å²) >= 11 is 8.02. The largest absolute Gasteiger partial charge is 0.322 e. The van der Waals surface area contributed by atoms with Crippen molar-refractivity contribution in [1.82, 2.24) is 0 Å². The Morgan fingerprint density at radius 2 is 2.00 bits per heavy atom. The fourth-order valence-electron chi connectivity index (χ4n) is 1.53. The Labute approximate surface area is 129 Å². The molecule has 0 spiro atoms. The average molecular weight is 383 g/mol. The van der Waals surface area contributed by atoms with Gasteiger partial charge in [-0.25, -0.2) is 0 Å². The molecule has 0 saturated carbocycles. The second kappa shape index (κ2) is 6.04. The van der Waals surface area contributed by atoms with Gasteiger partial charge in [0, 0.05) is 9.26 Å². The van der Waals surface area contributed by atoms with Crippen LogP contribution in [0.2, 0.25) is 5.02 Å². The number of amides is 1. The lowest BCUT2D eigenvalue weighted by Crippen LogP contribution is -2.13. The van der Waals surface area contributed by atoms with Crippen LogP contribution in [0.15, 0.2) is 42.5 Å². The molecule has 0 radical (unpaired) electrons. The van der Waals surface area contributed by atoms with E-state index in [1.165, 1.54) is 0 Å². The Kier molecular flexibility index (Phi) is 4.40. The Bertz CT molecular complexity index is 679. The molecule has 94 valence electrons. The highest BCUT2D eigenvalue weighted by Gasteiger charge is 2.10. The second-order valence-corrected chi connectivity index (χ2v) is 5.31. The minimum Gasteiger partial charge on any atom is -0.322 e. The zero-order chi connectivity index (χ0) is 13.8. The van der Waals surface area contributed by atoms with Crippen LogP contribution in [0.4, 0.5) is 5.69 Å². The predicted molar refractivity (Wildman–Crippen MR) is 83.3 cm³/mol. The number of nitriles is 1. The standard InChI is InChI=1S/C14H8ClIN2O/c15-12-7-10(6-5-9(12)8-17)18-14(19)11-3-1-2-4-13(11)16/h1-7H,(H,18,19). The van der Waals surface area contributed by atoms with E-state index < -0.39 is 0 Å². The Morgan fingerprint density at radius 1 is 1.26 bits per heavy atom. The van der Waals surface area contributed by atoms with Crippen LogP contribution < -0.4 is 5.32 Å². The molecular formula is C14H8ClIN2O. The van der Waals surface area contributed by atoms with Gasteiger partial charge in [-0.1, -0.05) is 23.7 Å². The number of hydrogen-bond donors (Lipinski definition) is 1. The first-order valence-corrected chi connectivity index (χ1v) is 6.83. The second-order valence-electron chi connectivity index (χ2n) is 3.74. The molecule has 0 aliphatic rings. The first-order valence-electron chi connectivity index (χ1n) is 5.37. The lowest BCUT2D eigenvalue weighted by Gasteiger charge is -2.07. The molecule has 0 unspecified atom stereocenters. The van der Waals surface area contributed by atoms with Crippen molar-refractivity contribution >= 4 is 45.8 Å². The van der Waals surface area contributed by atoms with Crippen LogP contribution in [-0.2, 0) is 0 Å². The zero-order valence-corrected chi connectivity index (χ0v) is 12.6. The van der Waals surface area contributed by atoms with Gasteiger partial charge >= 0.3 is 0 Å². The van der Waals surface area contributed by atoms with Gasteiger partial charge in [-0.3, -0.25) is 4.79 Å². The van der Waals surface area contributed by atoms with Gasteiger partial charge in [-0.05, 0) is 52.9 Å². The molecule has 0 saturated heterocycles. The predicted octanol–water partition coefficient (Wildman–Crippen LogP) is 4.07. The average Bonchev–Trinajstić information content (AvgIpc) is 2.39. The van der Waals surface area contributed by atoms with Gasteiger partial charge in [0.25, 0.3) is 5.91 Å². The minimum absolute atomic E-state index is 0.203. The number of anilines is 1. The van der Waals surface area contributed by atoms with Crippen molar-refractivity contribution in [1.29, 1.82) is 5.26 Å². The third-order valence-electron chi connectivity index (χ3n) is 2.47. The molecule has 0 aliphatic heterocycles. The summed E-state index contributed by atoms with van der Waals surface area (Å²) in [5.41, 5.74) is 1.55. The van der Waals surface area contributed by atoms with Crippen LogP contribution >= 0.6 is 34.2 Å². The normalized spacial score (nSPS) is 9.74. The summed E-state index contributed by atoms with van der Waals surface area (Å²) in [6, 6.07) is 14.1. The van der Waals surface area contributed by atoms with Gasteiger partial charge < -0.3 is 5.32 Å². The number of nitrogens with one attached hydrogen (secondary N) is 1. The number of hydrogen-bond acceptors (Lipinski definition) is 2. The van der Waals surface area contributed by atoms with Crippen molar-refractivity contribution in [3.8, 4) is 6.07 Å². The van der Waals surface area contributed by atoms with Crippen LogP contribution in [0, 0.1) is 14.9 Å². The van der Waals surface area contributed by atoms with E-state index in [0.717, 1.165) is 3.57 Å². The van der Waals surface area contributed by atoms with Crippen molar-refractivity contribution < 1.29 is 4.79 Å². The molecule has 5 heteroatoms. The molecule has 0 atom stereocenters. The molecule has 2 aromatic carbocycles. The molecule has 1 N–H and O–H groups in total. The van der Waals surface area contributed by atoms with E-state index in [2.05, 4.69) is 27.9 Å². The van der Waals surface area contributed by atoms with Crippen LogP contribution in [0.5, 0.6) is 0 Å². The minimum atomic E-state index is -0.203. The summed E-state index contributed by atoms with van der Waals surface area (Å²) in [4.78, 5) is 12.1. The third kappa shape index (κ3) is 3.25. The summed E-state index contributed by atoms with van der Waals surface area (Å²) in [6.07, 6.45) is 0. The molecule has 0 heterocycles. The van der Waals surface area contributed by atoms with Gasteiger partial charge in [0.1, 0.15) is 6.07 Å². The summed E-state index contributed by atoms with van der Waals surface area (Å²) in [6.45, 7) is 0. The molecule has 2 aromatic rings. The van der Waals surface area contributed by atoms with Crippen LogP contribution in [-0.4, -0.2) is 5.91 Å². The highest BCUT2D eigenvalue weighted by Crippen LogP contribution is 2.21. The molecule has 1 amide bonds. The number of rotatable bonds is 2. The lowest BCUT2D eigenvalue weighted by molar-refractivity contribution is 0.102. The van der Waals surface area contributed by atoms with E-state index in [4.69, 9.17) is 16.9 Å². The van der Waals surface area contributed by atoms with Crippen molar-refractivity contribution in [2.24, 2.45) is 0 Å². The molecule has 0 bridgehead atoms. The van der Waals surface area contributed by atoms with Crippen molar-refractivity contribution in [2.45, 2.75) is 0 Å². The number of benzene rings is 2. The van der Waals surface area contributed by atoms with E-state index in [-0.39, 0.29) is 5.91 Å². The van der Waals surface area contributed by atoms with E-state index in [1.807, 2.05) is 24.3 Å². The smallest absolute Gasteiger partial charge is 0.256 e. The van der Waals surface area contributed by atoms with Crippen LogP contribution in [0.3, 0.4) is 0 Å². The monoisotopic (exact) mass is 382 g/mol. The summed E-state index contributed by atoms with van der Waals surface area (Å²) in [5.74, 6) is -0.203. The first kappa shape index (κ1) is 13.8. The zero-order valence-electron chi connectivity index (χ0n) is 9.65. The van der Waals surface area contributed by atoms with Crippen molar-refractivity contribution in [2.75, 3.05) is 5.32 Å². The van der Waals surface area contributed by atoms with E-state index >= 15 is 0 Å². The Morgan fingerprint density at radius 3 is 2.63 bits per heavy atom. The highest BCUT2D eigenvalue weighted by molar-refractivity contribution is 14.1. The van der Waals surface area contributed by atoms with Gasteiger partial charge in [0.2, 0.25) is 0 Å². The number of carbonyl (C=O) groups excluding carboxylic acids is 1. The van der Waals surface area contributed by atoms with Crippen molar-refractivity contribution in [3.05, 3.63) is 62.2 Å². The molecule has 3 nitrogen and oxygen atoms in total. The fourth-order valence-corrected chi connectivity index (χ4v) is 2.38. The maximum absolute atomic E-state index is 12.1. The third-order valence-corrected chi connectivity index (χ3v) is 3.72. The fraction of sp³-hybridized carbons (Fsp3) is 0. The molecule has 2 rings (SSSR count). The van der Waals surface area contributed by atoms with Crippen LogP contribution in [0.25, 0.3) is 0 Å². The molecule has 0 aromatic heterocycles. The molecule has 0 fully saturated rings. The van der Waals surface area contributed by atoms with E-state index in [0.29, 0.717) is 21.8 Å². The highest BCUT2D eigenvalue weighted by atomic mass is 127. The van der Waals surface area contributed by atoms with E-state index in [9.17, 15) is 4.79 Å². The van der Waals surface area contributed by atoms with Gasteiger partial charge in [-0.2, -0.15) is 5.26 Å². The maximum atomic E-state index is 12.1. The lowest BCUT2D eigenvalue weighted by atomic mass is 10.2. The van der Waals surface area contributed by atoms with Gasteiger partial charge in [0.15, 0.2) is 0 Å². The topological polar surface area (TPSA) is 52.9 Å².